The van der Waals surface area contributed by atoms with Crippen LogP contribution in [0.3, 0.4) is 0 Å². The van der Waals surface area contributed by atoms with E-state index in [9.17, 15) is 14.4 Å². The number of carbonyl (C=O) groups is 3. The fraction of sp³-hybridized carbons (Fsp3) is 0.930. The highest BCUT2D eigenvalue weighted by Gasteiger charge is 2.19. The van der Waals surface area contributed by atoms with Crippen molar-refractivity contribution in [1.29, 1.82) is 0 Å². The average molecular weight is 1090 g/mol. The molecule has 77 heavy (non-hydrogen) atoms. The molecule has 0 fully saturated rings. The SMILES string of the molecule is CCCCCCCCC/C=C\CCCCCCCC(=O)OC(COC(=O)CCCCCCCCCCCCCC)COC(=O)CCCCCCCCCCCCCCCCCCCCCCCCCCCCCCCCC. The molecule has 0 radical (unpaired) electrons. The lowest BCUT2D eigenvalue weighted by molar-refractivity contribution is -0.167. The van der Waals surface area contributed by atoms with Gasteiger partial charge in [0, 0.05) is 19.3 Å². The van der Waals surface area contributed by atoms with Gasteiger partial charge >= 0.3 is 17.9 Å². The first-order chi connectivity index (χ1) is 38.0. The second kappa shape index (κ2) is 66.7. The molecule has 0 aromatic heterocycles. The molecule has 0 bridgehead atoms. The van der Waals surface area contributed by atoms with E-state index in [1.165, 1.54) is 302 Å². The summed E-state index contributed by atoms with van der Waals surface area (Å²) in [5.41, 5.74) is 0. The number of unbranched alkanes of at least 4 members (excludes halogenated alkanes) is 53. The minimum absolute atomic E-state index is 0.0669. The molecule has 0 aliphatic carbocycles. The maximum atomic E-state index is 12.9. The predicted octanol–water partition coefficient (Wildman–Crippen LogP) is 24.0. The molecular weight excluding hydrogens is 949 g/mol. The van der Waals surface area contributed by atoms with Crippen LogP contribution in [0, 0.1) is 0 Å². The summed E-state index contributed by atoms with van der Waals surface area (Å²) in [5.74, 6) is -0.845. The first-order valence-corrected chi connectivity index (χ1v) is 35.2. The second-order valence-corrected chi connectivity index (χ2v) is 24.2. The monoisotopic (exact) mass is 1090 g/mol. The molecule has 6 heteroatoms. The fourth-order valence-electron chi connectivity index (χ4n) is 11.0. The second-order valence-electron chi connectivity index (χ2n) is 24.2. The Bertz CT molecular complexity index is 1200. The summed E-state index contributed by atoms with van der Waals surface area (Å²) < 4.78 is 16.9. The Labute approximate surface area is 481 Å². The topological polar surface area (TPSA) is 78.9 Å². The molecule has 0 aromatic carbocycles. The Morgan fingerprint density at radius 1 is 0.247 bits per heavy atom. The summed E-state index contributed by atoms with van der Waals surface area (Å²) in [4.78, 5) is 38.3. The number of carbonyl (C=O) groups excluding carboxylic acids is 3. The third kappa shape index (κ3) is 64.9. The van der Waals surface area contributed by atoms with Gasteiger partial charge in [-0.05, 0) is 44.9 Å². The van der Waals surface area contributed by atoms with Crippen molar-refractivity contribution in [1.82, 2.24) is 0 Å². The van der Waals surface area contributed by atoms with Gasteiger partial charge in [-0.25, -0.2) is 0 Å². The van der Waals surface area contributed by atoms with E-state index >= 15 is 0 Å². The summed E-state index contributed by atoms with van der Waals surface area (Å²) in [6, 6.07) is 0. The Balaban J connectivity index is 4.08. The normalized spacial score (nSPS) is 12.0. The highest BCUT2D eigenvalue weighted by Crippen LogP contribution is 2.19. The number of ether oxygens (including phenoxy) is 3. The number of hydrogen-bond donors (Lipinski definition) is 0. The van der Waals surface area contributed by atoms with Gasteiger partial charge in [0.15, 0.2) is 6.10 Å². The number of esters is 3. The lowest BCUT2D eigenvalue weighted by Crippen LogP contribution is -2.30. The lowest BCUT2D eigenvalue weighted by Gasteiger charge is -2.18. The van der Waals surface area contributed by atoms with Crippen molar-refractivity contribution in [3.8, 4) is 0 Å². The van der Waals surface area contributed by atoms with E-state index in [4.69, 9.17) is 14.2 Å². The van der Waals surface area contributed by atoms with E-state index in [0.29, 0.717) is 19.3 Å². The predicted molar refractivity (Wildman–Crippen MR) is 335 cm³/mol. The van der Waals surface area contributed by atoms with E-state index in [1.54, 1.807) is 0 Å². The zero-order valence-corrected chi connectivity index (χ0v) is 52.5. The Morgan fingerprint density at radius 3 is 0.649 bits per heavy atom. The lowest BCUT2D eigenvalue weighted by atomic mass is 10.0. The fourth-order valence-corrected chi connectivity index (χ4v) is 11.0. The Hall–Kier alpha value is -1.85. The summed E-state index contributed by atoms with van der Waals surface area (Å²) in [7, 11) is 0. The van der Waals surface area contributed by atoms with Gasteiger partial charge in [-0.3, -0.25) is 14.4 Å². The van der Waals surface area contributed by atoms with Gasteiger partial charge in [-0.1, -0.05) is 354 Å². The molecule has 1 atom stereocenters. The maximum Gasteiger partial charge on any atom is 0.306 e. The minimum atomic E-state index is -0.770. The zero-order chi connectivity index (χ0) is 55.7. The van der Waals surface area contributed by atoms with Gasteiger partial charge in [0.1, 0.15) is 13.2 Å². The molecule has 0 aromatic rings. The first-order valence-electron chi connectivity index (χ1n) is 35.2. The third-order valence-electron chi connectivity index (χ3n) is 16.3. The van der Waals surface area contributed by atoms with Crippen LogP contribution in [0.2, 0.25) is 0 Å². The van der Waals surface area contributed by atoms with Crippen LogP contribution in [0.25, 0.3) is 0 Å². The van der Waals surface area contributed by atoms with Crippen molar-refractivity contribution < 1.29 is 28.6 Å². The first kappa shape index (κ1) is 75.2. The van der Waals surface area contributed by atoms with E-state index in [1.807, 2.05) is 0 Å². The summed E-state index contributed by atoms with van der Waals surface area (Å²) in [6.07, 6.45) is 79.7. The molecule has 0 amide bonds. The van der Waals surface area contributed by atoms with Crippen LogP contribution >= 0.6 is 0 Å². The molecule has 0 aliphatic rings. The van der Waals surface area contributed by atoms with Gasteiger partial charge in [-0.2, -0.15) is 0 Å². The Kier molecular flexibility index (Phi) is 65.1. The molecule has 0 saturated carbocycles. The smallest absolute Gasteiger partial charge is 0.306 e. The number of hydrogen-bond acceptors (Lipinski definition) is 6. The van der Waals surface area contributed by atoms with Gasteiger partial charge in [-0.15, -0.1) is 0 Å². The molecule has 456 valence electrons. The molecule has 0 rings (SSSR count). The van der Waals surface area contributed by atoms with Crippen molar-refractivity contribution in [2.24, 2.45) is 0 Å². The summed E-state index contributed by atoms with van der Waals surface area (Å²) in [5, 5.41) is 0. The standard InChI is InChI=1S/C71H136O6/c1-4-7-10-13-16-19-22-25-27-29-30-31-32-33-34-35-36-37-38-39-40-41-42-43-45-46-49-52-55-58-61-64-70(73)76-67-68(66-75-69(72)63-60-57-54-51-48-24-21-18-15-12-9-6-3)77-71(74)65-62-59-56-53-50-47-44-28-26-23-20-17-14-11-8-5-2/h28,44,68H,4-27,29-43,45-67H2,1-3H3/b44-28-. The van der Waals surface area contributed by atoms with Crippen molar-refractivity contribution in [3.63, 3.8) is 0 Å². The summed E-state index contributed by atoms with van der Waals surface area (Å²) in [6.45, 7) is 6.71. The van der Waals surface area contributed by atoms with Gasteiger partial charge in [0.25, 0.3) is 0 Å². The molecule has 0 heterocycles. The zero-order valence-electron chi connectivity index (χ0n) is 52.5. The molecular formula is C71H136O6. The van der Waals surface area contributed by atoms with E-state index in [2.05, 4.69) is 32.9 Å². The van der Waals surface area contributed by atoms with Crippen LogP contribution in [0.15, 0.2) is 12.2 Å². The number of rotatable bonds is 66. The molecule has 6 nitrogen and oxygen atoms in total. The summed E-state index contributed by atoms with van der Waals surface area (Å²) >= 11 is 0. The van der Waals surface area contributed by atoms with Crippen molar-refractivity contribution >= 4 is 17.9 Å². The van der Waals surface area contributed by atoms with Crippen LogP contribution in [-0.4, -0.2) is 37.2 Å². The molecule has 0 aliphatic heterocycles. The molecule has 0 saturated heterocycles. The number of allylic oxidation sites excluding steroid dienone is 2. The highest BCUT2D eigenvalue weighted by molar-refractivity contribution is 5.71. The van der Waals surface area contributed by atoms with Gasteiger partial charge in [0.05, 0.1) is 0 Å². The van der Waals surface area contributed by atoms with Crippen molar-refractivity contribution in [2.45, 2.75) is 412 Å². The van der Waals surface area contributed by atoms with Crippen LogP contribution in [0.1, 0.15) is 406 Å². The van der Waals surface area contributed by atoms with E-state index < -0.39 is 6.10 Å². The third-order valence-corrected chi connectivity index (χ3v) is 16.3. The van der Waals surface area contributed by atoms with Crippen molar-refractivity contribution in [2.75, 3.05) is 13.2 Å². The molecule has 0 spiro atoms. The van der Waals surface area contributed by atoms with Crippen LogP contribution < -0.4 is 0 Å². The average Bonchev–Trinajstić information content (AvgIpc) is 3.43. The van der Waals surface area contributed by atoms with Gasteiger partial charge < -0.3 is 14.2 Å². The van der Waals surface area contributed by atoms with Crippen LogP contribution in [0.4, 0.5) is 0 Å². The quantitative estimate of drug-likeness (QED) is 0.0261. The van der Waals surface area contributed by atoms with E-state index in [-0.39, 0.29) is 31.1 Å². The maximum absolute atomic E-state index is 12.9. The minimum Gasteiger partial charge on any atom is -0.462 e. The van der Waals surface area contributed by atoms with Gasteiger partial charge in [0.2, 0.25) is 0 Å². The van der Waals surface area contributed by atoms with Crippen LogP contribution in [0.5, 0.6) is 0 Å². The van der Waals surface area contributed by atoms with Crippen molar-refractivity contribution in [3.05, 3.63) is 12.2 Å². The molecule has 0 N–H and O–H groups in total. The largest absolute Gasteiger partial charge is 0.462 e. The van der Waals surface area contributed by atoms with E-state index in [0.717, 1.165) is 64.2 Å². The Morgan fingerprint density at radius 2 is 0.429 bits per heavy atom. The van der Waals surface area contributed by atoms with Crippen LogP contribution in [-0.2, 0) is 28.6 Å². The molecule has 1 unspecified atom stereocenters. The highest BCUT2D eigenvalue weighted by atomic mass is 16.6.